The largest absolute Gasteiger partial charge is 0.495 e. The molecule has 2 nitrogen and oxygen atoms in total. The smallest absolute Gasteiger partial charge is 0.137 e. The second-order valence-electron chi connectivity index (χ2n) is 4.35. The average Bonchev–Trinajstić information content (AvgIpc) is 2.41. The van der Waals surface area contributed by atoms with Gasteiger partial charge < -0.3 is 9.84 Å². The molecular weight excluding hydrogens is 347 g/mol. The number of ether oxygens (including phenoxy) is 1. The zero-order valence-corrected chi connectivity index (χ0v) is 13.1. The van der Waals surface area contributed by atoms with Crippen molar-refractivity contribution in [1.82, 2.24) is 0 Å². The van der Waals surface area contributed by atoms with Crippen molar-refractivity contribution in [2.24, 2.45) is 0 Å². The van der Waals surface area contributed by atoms with E-state index in [0.29, 0.717) is 26.4 Å². The number of hydrogen-bond acceptors (Lipinski definition) is 2. The Morgan fingerprint density at radius 2 is 2.05 bits per heavy atom. The summed E-state index contributed by atoms with van der Waals surface area (Å²) in [5, 5.41) is 10.6. The van der Waals surface area contributed by atoms with Gasteiger partial charge in [0.15, 0.2) is 0 Å². The van der Waals surface area contributed by atoms with Gasteiger partial charge in [-0.1, -0.05) is 39.7 Å². The van der Waals surface area contributed by atoms with E-state index in [4.69, 9.17) is 16.3 Å². The Morgan fingerprint density at radius 1 is 1.30 bits per heavy atom. The summed E-state index contributed by atoms with van der Waals surface area (Å²) in [7, 11) is 1.52. The van der Waals surface area contributed by atoms with Crippen LogP contribution in [0, 0.1) is 5.82 Å². The van der Waals surface area contributed by atoms with E-state index in [0.717, 1.165) is 0 Å². The summed E-state index contributed by atoms with van der Waals surface area (Å²) in [5.74, 6) is 0.190. The standard InChI is InChI=1S/C15H13BrClFO2/c1-20-15-5-3-10(6-12(15)17)14(19)7-9-2-4-11(16)8-13(9)18/h2-6,8,14,19H,7H2,1H3. The summed E-state index contributed by atoms with van der Waals surface area (Å²) in [6, 6.07) is 9.79. The quantitative estimate of drug-likeness (QED) is 0.869. The first kappa shape index (κ1) is 15.3. The molecule has 0 aromatic heterocycles. The summed E-state index contributed by atoms with van der Waals surface area (Å²) in [5.41, 5.74) is 1.07. The first-order valence-electron chi connectivity index (χ1n) is 5.96. The minimum Gasteiger partial charge on any atom is -0.495 e. The zero-order chi connectivity index (χ0) is 14.7. The molecular formula is C15H13BrClFO2. The summed E-state index contributed by atoms with van der Waals surface area (Å²) in [4.78, 5) is 0. The molecule has 0 aliphatic rings. The van der Waals surface area contributed by atoms with E-state index in [9.17, 15) is 9.50 Å². The van der Waals surface area contributed by atoms with Gasteiger partial charge in [0.25, 0.3) is 0 Å². The molecule has 2 aromatic rings. The van der Waals surface area contributed by atoms with Crippen molar-refractivity contribution in [2.45, 2.75) is 12.5 Å². The molecule has 0 saturated carbocycles. The summed E-state index contributed by atoms with van der Waals surface area (Å²) in [6.45, 7) is 0. The van der Waals surface area contributed by atoms with Crippen LogP contribution in [0.5, 0.6) is 5.75 Å². The number of methoxy groups -OCH3 is 1. The predicted molar refractivity (Wildman–Crippen MR) is 80.8 cm³/mol. The molecule has 0 saturated heterocycles. The molecule has 1 unspecified atom stereocenters. The highest BCUT2D eigenvalue weighted by atomic mass is 79.9. The first-order valence-corrected chi connectivity index (χ1v) is 7.14. The zero-order valence-electron chi connectivity index (χ0n) is 10.7. The molecule has 20 heavy (non-hydrogen) atoms. The lowest BCUT2D eigenvalue weighted by Crippen LogP contribution is -2.04. The Balaban J connectivity index is 2.19. The number of benzene rings is 2. The molecule has 0 radical (unpaired) electrons. The van der Waals surface area contributed by atoms with Crippen LogP contribution in [0.4, 0.5) is 4.39 Å². The van der Waals surface area contributed by atoms with E-state index in [1.807, 2.05) is 0 Å². The van der Waals surface area contributed by atoms with Gasteiger partial charge in [-0.25, -0.2) is 4.39 Å². The van der Waals surface area contributed by atoms with Gasteiger partial charge in [0, 0.05) is 10.9 Å². The molecule has 0 heterocycles. The van der Waals surface area contributed by atoms with Gasteiger partial charge in [0.05, 0.1) is 18.2 Å². The maximum absolute atomic E-state index is 13.7. The third-order valence-electron chi connectivity index (χ3n) is 2.99. The van der Waals surface area contributed by atoms with Gasteiger partial charge in [-0.2, -0.15) is 0 Å². The molecule has 0 aliphatic carbocycles. The second kappa shape index (κ2) is 6.57. The molecule has 106 valence electrons. The molecule has 1 atom stereocenters. The molecule has 2 aromatic carbocycles. The maximum atomic E-state index is 13.7. The van der Waals surface area contributed by atoms with Crippen molar-refractivity contribution in [3.05, 3.63) is 62.8 Å². The monoisotopic (exact) mass is 358 g/mol. The molecule has 2 rings (SSSR count). The topological polar surface area (TPSA) is 29.5 Å². The van der Waals surface area contributed by atoms with Gasteiger partial charge in [0.1, 0.15) is 11.6 Å². The predicted octanol–water partition coefficient (Wildman–Crippen LogP) is 4.53. The van der Waals surface area contributed by atoms with Gasteiger partial charge in [-0.05, 0) is 35.4 Å². The van der Waals surface area contributed by atoms with Crippen LogP contribution in [0.1, 0.15) is 17.2 Å². The van der Waals surface area contributed by atoms with E-state index in [1.54, 1.807) is 30.3 Å². The fourth-order valence-electron chi connectivity index (χ4n) is 1.90. The third-order valence-corrected chi connectivity index (χ3v) is 3.78. The van der Waals surface area contributed by atoms with E-state index < -0.39 is 6.10 Å². The third kappa shape index (κ3) is 3.51. The second-order valence-corrected chi connectivity index (χ2v) is 5.67. The van der Waals surface area contributed by atoms with E-state index >= 15 is 0 Å². The lowest BCUT2D eigenvalue weighted by atomic mass is 10.0. The SMILES string of the molecule is COc1ccc(C(O)Cc2ccc(Br)cc2F)cc1Cl. The van der Waals surface area contributed by atoms with Crippen LogP contribution in [0.15, 0.2) is 40.9 Å². The van der Waals surface area contributed by atoms with Crippen LogP contribution in [-0.2, 0) is 6.42 Å². The first-order chi connectivity index (χ1) is 9.51. The van der Waals surface area contributed by atoms with Crippen LogP contribution in [0.25, 0.3) is 0 Å². The molecule has 0 spiro atoms. The Hall–Kier alpha value is -1.10. The number of aliphatic hydroxyl groups excluding tert-OH is 1. The van der Waals surface area contributed by atoms with Gasteiger partial charge in [-0.15, -0.1) is 0 Å². The van der Waals surface area contributed by atoms with Crippen LogP contribution < -0.4 is 4.74 Å². The Kier molecular flexibility index (Phi) is 5.02. The number of hydrogen-bond donors (Lipinski definition) is 1. The summed E-state index contributed by atoms with van der Waals surface area (Å²) >= 11 is 9.21. The van der Waals surface area contributed by atoms with E-state index in [-0.39, 0.29) is 12.2 Å². The Morgan fingerprint density at radius 3 is 2.65 bits per heavy atom. The molecule has 5 heteroatoms. The molecule has 0 amide bonds. The van der Waals surface area contributed by atoms with E-state index in [2.05, 4.69) is 15.9 Å². The molecule has 0 bridgehead atoms. The number of rotatable bonds is 4. The van der Waals surface area contributed by atoms with Gasteiger partial charge in [0.2, 0.25) is 0 Å². The van der Waals surface area contributed by atoms with Crippen molar-refractivity contribution in [3.63, 3.8) is 0 Å². The summed E-state index contributed by atoms with van der Waals surface area (Å²) in [6.07, 6.45) is -0.643. The average molecular weight is 360 g/mol. The highest BCUT2D eigenvalue weighted by Gasteiger charge is 2.13. The Labute approximate surface area is 130 Å². The highest BCUT2D eigenvalue weighted by Crippen LogP contribution is 2.29. The van der Waals surface area contributed by atoms with Crippen molar-refractivity contribution in [3.8, 4) is 5.75 Å². The molecule has 1 N–H and O–H groups in total. The highest BCUT2D eigenvalue weighted by molar-refractivity contribution is 9.10. The van der Waals surface area contributed by atoms with Crippen LogP contribution in [0.3, 0.4) is 0 Å². The fourth-order valence-corrected chi connectivity index (χ4v) is 2.50. The number of aliphatic hydroxyl groups is 1. The van der Waals surface area contributed by atoms with Crippen molar-refractivity contribution < 1.29 is 14.2 Å². The maximum Gasteiger partial charge on any atom is 0.137 e. The fraction of sp³-hybridized carbons (Fsp3) is 0.200. The van der Waals surface area contributed by atoms with Crippen molar-refractivity contribution >= 4 is 27.5 Å². The van der Waals surface area contributed by atoms with Crippen LogP contribution in [-0.4, -0.2) is 12.2 Å². The van der Waals surface area contributed by atoms with Gasteiger partial charge in [-0.3, -0.25) is 0 Å². The summed E-state index contributed by atoms with van der Waals surface area (Å²) < 4.78 is 19.5. The molecule has 0 fully saturated rings. The van der Waals surface area contributed by atoms with Gasteiger partial charge >= 0.3 is 0 Å². The number of halogens is 3. The van der Waals surface area contributed by atoms with Crippen LogP contribution in [0.2, 0.25) is 5.02 Å². The lowest BCUT2D eigenvalue weighted by molar-refractivity contribution is 0.177. The minimum absolute atomic E-state index is 0.182. The minimum atomic E-state index is -0.825. The normalized spacial score (nSPS) is 12.2. The van der Waals surface area contributed by atoms with Crippen LogP contribution >= 0.6 is 27.5 Å². The lowest BCUT2D eigenvalue weighted by Gasteiger charge is -2.13. The molecule has 0 aliphatic heterocycles. The van der Waals surface area contributed by atoms with E-state index in [1.165, 1.54) is 13.2 Å². The van der Waals surface area contributed by atoms with Crippen molar-refractivity contribution in [1.29, 1.82) is 0 Å². The Bertz CT molecular complexity index is 619. The van der Waals surface area contributed by atoms with Crippen molar-refractivity contribution in [2.75, 3.05) is 7.11 Å².